The molecule has 2 aromatic rings. The molecule has 1 aliphatic carbocycles. The van der Waals surface area contributed by atoms with Gasteiger partial charge in [0.25, 0.3) is 0 Å². The summed E-state index contributed by atoms with van der Waals surface area (Å²) in [4.78, 5) is 9.92. The lowest BCUT2D eigenvalue weighted by Crippen LogP contribution is -2.52. The third-order valence-electron chi connectivity index (χ3n) is 6.85. The van der Waals surface area contributed by atoms with Crippen molar-refractivity contribution in [1.82, 2.24) is 9.97 Å². The summed E-state index contributed by atoms with van der Waals surface area (Å²) in [7, 11) is 0. The molecule has 8 nitrogen and oxygen atoms in total. The zero-order valence-electron chi connectivity index (χ0n) is 20.1. The predicted octanol–water partition coefficient (Wildman–Crippen LogP) is 4.15. The van der Waals surface area contributed by atoms with Crippen LogP contribution < -0.4 is 15.6 Å². The summed E-state index contributed by atoms with van der Waals surface area (Å²) in [5.74, 6) is -0.530. The molecule has 0 bridgehead atoms. The molecule has 1 saturated carbocycles. The van der Waals surface area contributed by atoms with E-state index in [1.54, 1.807) is 17.2 Å². The number of nitrogens with one attached hydrogen (secondary N) is 2. The maximum atomic E-state index is 14.2. The van der Waals surface area contributed by atoms with Gasteiger partial charge >= 0.3 is 6.18 Å². The predicted molar refractivity (Wildman–Crippen MR) is 129 cm³/mol. The monoisotopic (exact) mass is 510 g/mol. The van der Waals surface area contributed by atoms with E-state index >= 15 is 0 Å². The third kappa shape index (κ3) is 5.86. The second-order valence-corrected chi connectivity index (χ2v) is 9.64. The van der Waals surface area contributed by atoms with E-state index in [1.165, 1.54) is 6.07 Å². The van der Waals surface area contributed by atoms with Crippen LogP contribution in [0.2, 0.25) is 0 Å². The first-order valence-corrected chi connectivity index (χ1v) is 11.8. The van der Waals surface area contributed by atoms with Gasteiger partial charge in [0.05, 0.1) is 31.1 Å². The standard InChI is InChI=1S/C24H30F4N6O2/c1-23(2)19(31-17-5-3-4-16(12-17)24(26,27)28)7-6-15(20(23)35)13-30-33-22-29-14-18(25)21(32-22)34-8-10-36-11-9-34/h3-5,12-15,19-20,31,35H,6-11H2,1-2H3,(H,29,32,33)/b30-13+. The molecule has 1 saturated heterocycles. The molecule has 1 aromatic carbocycles. The minimum atomic E-state index is -4.43. The number of alkyl halides is 3. The molecule has 1 aromatic heterocycles. The summed E-state index contributed by atoms with van der Waals surface area (Å²) in [5, 5.41) is 18.4. The van der Waals surface area contributed by atoms with E-state index < -0.39 is 29.1 Å². The van der Waals surface area contributed by atoms with E-state index in [2.05, 4.69) is 25.8 Å². The van der Waals surface area contributed by atoms with Gasteiger partial charge < -0.3 is 20.1 Å². The van der Waals surface area contributed by atoms with Crippen molar-refractivity contribution in [2.45, 2.75) is 45.0 Å². The van der Waals surface area contributed by atoms with Crippen LogP contribution in [-0.2, 0) is 10.9 Å². The molecule has 12 heteroatoms. The Morgan fingerprint density at radius 3 is 2.69 bits per heavy atom. The van der Waals surface area contributed by atoms with Crippen molar-refractivity contribution in [3.05, 3.63) is 41.8 Å². The Bertz CT molecular complexity index is 1070. The molecular formula is C24H30F4N6O2. The van der Waals surface area contributed by atoms with E-state index in [0.29, 0.717) is 44.8 Å². The summed E-state index contributed by atoms with van der Waals surface area (Å²) in [6, 6.07) is 4.81. The van der Waals surface area contributed by atoms with Gasteiger partial charge in [0, 0.05) is 42.4 Å². The van der Waals surface area contributed by atoms with Crippen molar-refractivity contribution in [1.29, 1.82) is 0 Å². The molecule has 0 spiro atoms. The number of hydrazone groups is 1. The Morgan fingerprint density at radius 2 is 1.97 bits per heavy atom. The van der Waals surface area contributed by atoms with Crippen LogP contribution in [-0.4, -0.2) is 59.7 Å². The smallest absolute Gasteiger partial charge is 0.392 e. The van der Waals surface area contributed by atoms with Crippen molar-refractivity contribution in [3.8, 4) is 0 Å². The number of aliphatic hydroxyl groups excluding tert-OH is 1. The molecule has 196 valence electrons. The van der Waals surface area contributed by atoms with Crippen LogP contribution in [0.1, 0.15) is 32.3 Å². The molecule has 1 aliphatic heterocycles. The van der Waals surface area contributed by atoms with Gasteiger partial charge in [-0.2, -0.15) is 23.3 Å². The number of morpholine rings is 1. The summed E-state index contributed by atoms with van der Waals surface area (Å²) in [6.07, 6.45) is -1.39. The SMILES string of the molecule is CC1(C)C(Nc2cccc(C(F)(F)F)c2)CCC(/C=N/Nc2ncc(F)c(N3CCOCC3)n2)C1O. The van der Waals surface area contributed by atoms with Gasteiger partial charge in [-0.15, -0.1) is 0 Å². The quantitative estimate of drug-likeness (QED) is 0.305. The van der Waals surface area contributed by atoms with E-state index in [4.69, 9.17) is 4.74 Å². The lowest BCUT2D eigenvalue weighted by atomic mass is 9.66. The van der Waals surface area contributed by atoms with Crippen LogP contribution in [0.15, 0.2) is 35.6 Å². The van der Waals surface area contributed by atoms with Gasteiger partial charge in [0.2, 0.25) is 5.95 Å². The molecular weight excluding hydrogens is 480 g/mol. The van der Waals surface area contributed by atoms with Crippen molar-refractivity contribution < 1.29 is 27.4 Å². The van der Waals surface area contributed by atoms with Gasteiger partial charge in [-0.1, -0.05) is 19.9 Å². The van der Waals surface area contributed by atoms with Crippen molar-refractivity contribution in [2.24, 2.45) is 16.4 Å². The summed E-state index contributed by atoms with van der Waals surface area (Å²) < 4.78 is 58.7. The fourth-order valence-electron chi connectivity index (χ4n) is 4.65. The third-order valence-corrected chi connectivity index (χ3v) is 6.85. The van der Waals surface area contributed by atoms with E-state index in [9.17, 15) is 22.7 Å². The number of rotatable bonds is 6. The topological polar surface area (TPSA) is 94.9 Å². The summed E-state index contributed by atoms with van der Waals surface area (Å²) >= 11 is 0. The molecule has 2 heterocycles. The van der Waals surface area contributed by atoms with E-state index in [1.807, 2.05) is 13.8 Å². The summed E-state index contributed by atoms with van der Waals surface area (Å²) in [5.41, 5.74) is 1.68. The highest BCUT2D eigenvalue weighted by molar-refractivity contribution is 5.63. The molecule has 2 fully saturated rings. The number of hydrogen-bond acceptors (Lipinski definition) is 8. The molecule has 0 amide bonds. The Hall–Kier alpha value is -2.99. The first kappa shape index (κ1) is 26.1. The molecule has 2 aliphatic rings. The van der Waals surface area contributed by atoms with Crippen molar-refractivity contribution in [3.63, 3.8) is 0 Å². The molecule has 3 unspecified atom stereocenters. The first-order valence-electron chi connectivity index (χ1n) is 11.8. The lowest BCUT2D eigenvalue weighted by Gasteiger charge is -2.46. The number of nitrogens with zero attached hydrogens (tertiary/aromatic N) is 4. The Balaban J connectivity index is 1.39. The van der Waals surface area contributed by atoms with Crippen LogP contribution in [0.3, 0.4) is 0 Å². The molecule has 36 heavy (non-hydrogen) atoms. The molecule has 0 radical (unpaired) electrons. The number of hydrogen-bond donors (Lipinski definition) is 3. The van der Waals surface area contributed by atoms with Gasteiger partial charge in [-0.05, 0) is 31.0 Å². The number of ether oxygens (including phenoxy) is 1. The van der Waals surface area contributed by atoms with E-state index in [0.717, 1.165) is 18.3 Å². The first-order chi connectivity index (χ1) is 17.1. The molecule has 3 N–H and O–H groups in total. The lowest BCUT2D eigenvalue weighted by molar-refractivity contribution is -0.137. The Kier molecular flexibility index (Phi) is 7.65. The fourth-order valence-corrected chi connectivity index (χ4v) is 4.65. The van der Waals surface area contributed by atoms with Crippen LogP contribution in [0.4, 0.5) is 35.0 Å². The number of aliphatic hydroxyl groups is 1. The van der Waals surface area contributed by atoms with Gasteiger partial charge in [-0.25, -0.2) is 14.8 Å². The van der Waals surface area contributed by atoms with Crippen LogP contribution in [0, 0.1) is 17.2 Å². The van der Waals surface area contributed by atoms with Crippen LogP contribution in [0.5, 0.6) is 0 Å². The number of benzene rings is 1. The Morgan fingerprint density at radius 1 is 1.22 bits per heavy atom. The maximum Gasteiger partial charge on any atom is 0.416 e. The Labute approximate surface area is 206 Å². The van der Waals surface area contributed by atoms with Crippen molar-refractivity contribution >= 4 is 23.7 Å². The average Bonchev–Trinajstić information content (AvgIpc) is 2.85. The highest BCUT2D eigenvalue weighted by Crippen LogP contribution is 2.41. The molecule has 3 atom stereocenters. The van der Waals surface area contributed by atoms with E-state index in [-0.39, 0.29) is 23.7 Å². The van der Waals surface area contributed by atoms with Gasteiger partial charge in [-0.3, -0.25) is 0 Å². The highest BCUT2D eigenvalue weighted by Gasteiger charge is 2.44. The normalized spacial score (nSPS) is 24.6. The minimum absolute atomic E-state index is 0.128. The maximum absolute atomic E-state index is 14.2. The zero-order valence-corrected chi connectivity index (χ0v) is 20.1. The number of anilines is 3. The molecule has 4 rings (SSSR count). The second-order valence-electron chi connectivity index (χ2n) is 9.64. The highest BCUT2D eigenvalue weighted by atomic mass is 19.4. The fraction of sp³-hybridized carbons (Fsp3) is 0.542. The minimum Gasteiger partial charge on any atom is -0.392 e. The number of aromatic nitrogens is 2. The van der Waals surface area contributed by atoms with Crippen molar-refractivity contribution in [2.75, 3.05) is 41.9 Å². The second kappa shape index (κ2) is 10.6. The van der Waals surface area contributed by atoms with Crippen LogP contribution in [0.25, 0.3) is 0 Å². The zero-order chi connectivity index (χ0) is 25.9. The largest absolute Gasteiger partial charge is 0.416 e. The van der Waals surface area contributed by atoms with Gasteiger partial charge in [0.1, 0.15) is 0 Å². The number of halogens is 4. The summed E-state index contributed by atoms with van der Waals surface area (Å²) in [6.45, 7) is 5.76. The average molecular weight is 511 g/mol. The van der Waals surface area contributed by atoms with Gasteiger partial charge in [0.15, 0.2) is 11.6 Å². The van der Waals surface area contributed by atoms with Crippen LogP contribution >= 0.6 is 0 Å².